The second kappa shape index (κ2) is 17.1. The van der Waals surface area contributed by atoms with Gasteiger partial charge in [0, 0.05) is 26.4 Å². The zero-order valence-corrected chi connectivity index (χ0v) is 22.8. The quantitative estimate of drug-likeness (QED) is 0.526. The SMILES string of the molecule is C[Si](C)C.C[Si](C)C.C[Si](C)C.Cc1cc(C)c([NH][Ge])c(C)c1. The van der Waals surface area contributed by atoms with E-state index < -0.39 is 0 Å². The Morgan fingerprint density at radius 2 is 0.870 bits per heavy atom. The number of anilines is 1. The number of aryl methyl sites for hydroxylation is 3. The summed E-state index contributed by atoms with van der Waals surface area (Å²) in [5.74, 6) is 0. The molecule has 0 aliphatic carbocycles. The molecule has 1 aromatic rings. The Balaban J connectivity index is -0.000000278. The molecule has 0 aliphatic rings. The van der Waals surface area contributed by atoms with Crippen molar-refractivity contribution in [2.45, 2.75) is 79.7 Å². The fourth-order valence-corrected chi connectivity index (χ4v) is 2.20. The van der Waals surface area contributed by atoms with Gasteiger partial charge in [-0.15, -0.1) is 0 Å². The predicted octanol–water partition coefficient (Wildman–Crippen LogP) is 6.22. The maximum atomic E-state index is 3.19. The van der Waals surface area contributed by atoms with E-state index >= 15 is 0 Å². The number of rotatable bonds is 1. The normalized spacial score (nSPS) is 9.39. The molecule has 132 valence electrons. The second-order valence-corrected chi connectivity index (χ2v) is 16.9. The van der Waals surface area contributed by atoms with Crippen LogP contribution in [0.3, 0.4) is 0 Å². The number of hydrogen-bond donors (Lipinski definition) is 1. The summed E-state index contributed by atoms with van der Waals surface area (Å²) in [6.45, 7) is 26.8. The summed E-state index contributed by atoms with van der Waals surface area (Å²) in [4.78, 5) is 0. The van der Waals surface area contributed by atoms with Crippen molar-refractivity contribution < 1.29 is 0 Å². The van der Waals surface area contributed by atoms with Crippen LogP contribution in [-0.2, 0) is 0 Å². The molecule has 1 N–H and O–H groups in total. The van der Waals surface area contributed by atoms with Crippen molar-refractivity contribution in [2.75, 3.05) is 4.27 Å². The van der Waals surface area contributed by atoms with Crippen LogP contribution in [0.2, 0.25) is 58.9 Å². The van der Waals surface area contributed by atoms with Gasteiger partial charge in [-0.2, -0.15) is 0 Å². The van der Waals surface area contributed by atoms with Gasteiger partial charge in [-0.1, -0.05) is 58.9 Å². The average molecular weight is 426 g/mol. The molecule has 1 aromatic carbocycles. The number of hydrogen-bond acceptors (Lipinski definition) is 1. The molecular weight excluding hydrogens is 387 g/mol. The Labute approximate surface area is 161 Å². The van der Waals surface area contributed by atoms with Crippen LogP contribution in [0.1, 0.15) is 16.7 Å². The number of nitrogens with one attached hydrogen (secondary N) is 1. The summed E-state index contributed by atoms with van der Waals surface area (Å²) < 4.78 is 3.19. The van der Waals surface area contributed by atoms with Crippen molar-refractivity contribution in [3.8, 4) is 0 Å². The molecular formula is C18H39GeNSi3. The first-order chi connectivity index (χ1) is 10.3. The third kappa shape index (κ3) is 27.4. The molecule has 0 fully saturated rings. The number of benzene rings is 1. The Bertz CT molecular complexity index is 348. The maximum absolute atomic E-state index is 3.19. The monoisotopic (exact) mass is 427 g/mol. The molecule has 1 nitrogen and oxygen atoms in total. The Hall–Kier alpha value is 0.214. The van der Waals surface area contributed by atoms with Crippen LogP contribution in [0.15, 0.2) is 12.1 Å². The predicted molar refractivity (Wildman–Crippen MR) is 120 cm³/mol. The van der Waals surface area contributed by atoms with Crippen molar-refractivity contribution in [1.82, 2.24) is 0 Å². The van der Waals surface area contributed by atoms with Crippen molar-refractivity contribution >= 4 is 48.8 Å². The van der Waals surface area contributed by atoms with Gasteiger partial charge < -0.3 is 0 Å². The van der Waals surface area contributed by atoms with E-state index in [0.717, 1.165) is 0 Å². The van der Waals surface area contributed by atoms with Gasteiger partial charge in [0.15, 0.2) is 0 Å². The summed E-state index contributed by atoms with van der Waals surface area (Å²) in [6, 6.07) is 4.39. The molecule has 6 radical (unpaired) electrons. The van der Waals surface area contributed by atoms with Gasteiger partial charge in [0.1, 0.15) is 0 Å². The first kappa shape index (κ1) is 28.0. The third-order valence-corrected chi connectivity index (χ3v) is 2.33. The van der Waals surface area contributed by atoms with Crippen LogP contribution in [0.4, 0.5) is 5.69 Å². The van der Waals surface area contributed by atoms with Gasteiger partial charge in [0.25, 0.3) is 0 Å². The van der Waals surface area contributed by atoms with E-state index in [-0.39, 0.29) is 26.4 Å². The van der Waals surface area contributed by atoms with Gasteiger partial charge in [0.05, 0.1) is 0 Å². The van der Waals surface area contributed by atoms with Crippen molar-refractivity contribution in [3.63, 3.8) is 0 Å². The topological polar surface area (TPSA) is 12.0 Å². The molecule has 0 unspecified atom stereocenters. The van der Waals surface area contributed by atoms with Crippen LogP contribution >= 0.6 is 0 Å². The summed E-state index contributed by atoms with van der Waals surface area (Å²) >= 11 is 1.96. The fourth-order valence-electron chi connectivity index (χ4n) is 1.38. The van der Waals surface area contributed by atoms with Crippen molar-refractivity contribution in [1.29, 1.82) is 0 Å². The molecule has 1 rings (SSSR count). The molecule has 5 heteroatoms. The first-order valence-electron chi connectivity index (χ1n) is 8.15. The van der Waals surface area contributed by atoms with Crippen LogP contribution in [0.5, 0.6) is 0 Å². The third-order valence-electron chi connectivity index (χ3n) is 1.80. The summed E-state index contributed by atoms with van der Waals surface area (Å²) in [7, 11) is 0.361. The van der Waals surface area contributed by atoms with Crippen LogP contribution in [0.25, 0.3) is 0 Å². The van der Waals surface area contributed by atoms with E-state index in [2.05, 4.69) is 96.1 Å². The summed E-state index contributed by atoms with van der Waals surface area (Å²) in [6.07, 6.45) is 0. The van der Waals surface area contributed by atoms with E-state index in [0.29, 0.717) is 0 Å². The Morgan fingerprint density at radius 1 is 0.652 bits per heavy atom. The zero-order valence-electron chi connectivity index (χ0n) is 17.7. The van der Waals surface area contributed by atoms with E-state index in [1.165, 1.54) is 22.4 Å². The molecule has 0 heterocycles. The summed E-state index contributed by atoms with van der Waals surface area (Å²) in [5.41, 5.74) is 5.24. The van der Waals surface area contributed by atoms with Gasteiger partial charge in [-0.05, 0) is 0 Å². The molecule has 0 aromatic heterocycles. The summed E-state index contributed by atoms with van der Waals surface area (Å²) in [5, 5.41) is 0. The minimum absolute atomic E-state index is 0.120. The molecule has 23 heavy (non-hydrogen) atoms. The minimum atomic E-state index is 0.120. The first-order valence-corrected chi connectivity index (χ1v) is 18.2. The molecule has 0 atom stereocenters. The van der Waals surface area contributed by atoms with Crippen molar-refractivity contribution in [2.24, 2.45) is 0 Å². The van der Waals surface area contributed by atoms with E-state index in [4.69, 9.17) is 0 Å². The Kier molecular flexibility index (Phi) is 20.8. The van der Waals surface area contributed by atoms with Crippen LogP contribution in [-0.4, -0.2) is 43.1 Å². The standard InChI is InChI=1S/C9H12GeN.3C3H9Si/c1-6-4-7(2)9(11-10)8(3)5-6;3*1-4(2)3/h4-5,11H,1-3H3;3*1-3H3. The van der Waals surface area contributed by atoms with Crippen molar-refractivity contribution in [3.05, 3.63) is 28.8 Å². The van der Waals surface area contributed by atoms with Crippen LogP contribution < -0.4 is 4.27 Å². The van der Waals surface area contributed by atoms with Gasteiger partial charge in [0.2, 0.25) is 0 Å². The molecule has 0 saturated heterocycles. The molecule has 0 bridgehead atoms. The fraction of sp³-hybridized carbons (Fsp3) is 0.667. The molecule has 0 saturated carbocycles. The zero-order chi connectivity index (χ0) is 19.2. The van der Waals surface area contributed by atoms with Crippen LogP contribution in [0, 0.1) is 20.8 Å². The van der Waals surface area contributed by atoms with E-state index in [9.17, 15) is 0 Å². The van der Waals surface area contributed by atoms with Gasteiger partial charge in [-0.3, -0.25) is 0 Å². The van der Waals surface area contributed by atoms with E-state index in [1.807, 2.05) is 16.7 Å². The molecule has 0 amide bonds. The van der Waals surface area contributed by atoms with Gasteiger partial charge in [-0.25, -0.2) is 0 Å². The van der Waals surface area contributed by atoms with Gasteiger partial charge >= 0.3 is 76.3 Å². The van der Waals surface area contributed by atoms with E-state index in [1.54, 1.807) is 0 Å². The second-order valence-electron chi connectivity index (χ2n) is 7.40. The Morgan fingerprint density at radius 3 is 1.04 bits per heavy atom. The molecule has 0 aliphatic heterocycles. The average Bonchev–Trinajstić information content (AvgIpc) is 2.25. The molecule has 0 spiro atoms.